The van der Waals surface area contributed by atoms with Crippen LogP contribution < -0.4 is 10.6 Å². The van der Waals surface area contributed by atoms with Crippen LogP contribution in [0.2, 0.25) is 0 Å². The number of carbonyl (C=O) groups excluding carboxylic acids is 2. The Morgan fingerprint density at radius 1 is 1.00 bits per heavy atom. The van der Waals surface area contributed by atoms with E-state index in [9.17, 15) is 9.59 Å². The Kier molecular flexibility index (Phi) is 6.39. The van der Waals surface area contributed by atoms with Gasteiger partial charge in [0.05, 0.1) is 0 Å². The first-order valence-electron chi connectivity index (χ1n) is 8.68. The summed E-state index contributed by atoms with van der Waals surface area (Å²) in [6.45, 7) is 8.04. The van der Waals surface area contributed by atoms with Gasteiger partial charge in [0.1, 0.15) is 5.60 Å². The molecule has 1 atom stereocenters. The monoisotopic (exact) mass is 354 g/mol. The van der Waals surface area contributed by atoms with Gasteiger partial charge in [0.15, 0.2) is 0 Å². The van der Waals surface area contributed by atoms with Gasteiger partial charge >= 0.3 is 6.09 Å². The molecule has 2 aromatic rings. The molecule has 0 aliphatic rings. The molecule has 2 N–H and O–H groups in total. The Balaban J connectivity index is 1.87. The van der Waals surface area contributed by atoms with Gasteiger partial charge in [0.2, 0.25) is 0 Å². The number of benzene rings is 2. The van der Waals surface area contributed by atoms with E-state index in [-0.39, 0.29) is 11.8 Å². The average Bonchev–Trinajstić information content (AvgIpc) is 2.59. The number of carbonyl (C=O) groups is 2. The van der Waals surface area contributed by atoms with Crippen LogP contribution in [0.25, 0.3) is 0 Å². The Bertz CT molecular complexity index is 734. The van der Waals surface area contributed by atoms with Gasteiger partial charge in [-0.05, 0) is 56.5 Å². The Hall–Kier alpha value is -2.82. The molecule has 138 valence electrons. The molecule has 0 fully saturated rings. The summed E-state index contributed by atoms with van der Waals surface area (Å²) in [6.07, 6.45) is -0.522. The molecule has 0 bridgehead atoms. The molecule has 0 aromatic heterocycles. The van der Waals surface area contributed by atoms with Crippen LogP contribution in [-0.2, 0) is 4.74 Å². The first-order chi connectivity index (χ1) is 12.2. The highest BCUT2D eigenvalue weighted by Crippen LogP contribution is 2.15. The van der Waals surface area contributed by atoms with Crippen molar-refractivity contribution in [3.8, 4) is 0 Å². The maximum absolute atomic E-state index is 12.3. The van der Waals surface area contributed by atoms with Crippen LogP contribution in [0.1, 0.15) is 49.5 Å². The lowest BCUT2D eigenvalue weighted by Gasteiger charge is -2.19. The zero-order valence-corrected chi connectivity index (χ0v) is 15.7. The fraction of sp³-hybridized carbons (Fsp3) is 0.333. The molecule has 26 heavy (non-hydrogen) atoms. The summed E-state index contributed by atoms with van der Waals surface area (Å²) in [7, 11) is 0. The summed E-state index contributed by atoms with van der Waals surface area (Å²) in [5.74, 6) is 0.0878. The average molecular weight is 354 g/mol. The van der Waals surface area contributed by atoms with Crippen LogP contribution >= 0.6 is 0 Å². The third-order valence-electron chi connectivity index (χ3n) is 3.73. The van der Waals surface area contributed by atoms with E-state index in [1.807, 2.05) is 30.3 Å². The van der Waals surface area contributed by atoms with Crippen LogP contribution in [0.15, 0.2) is 54.6 Å². The van der Waals surface area contributed by atoms with E-state index in [1.54, 1.807) is 45.0 Å². The minimum absolute atomic E-state index is 0.142. The first-order valence-corrected chi connectivity index (χ1v) is 8.68. The van der Waals surface area contributed by atoms with Crippen molar-refractivity contribution in [2.45, 2.75) is 39.2 Å². The lowest BCUT2D eigenvalue weighted by Crippen LogP contribution is -2.28. The molecular formula is C21H26N2O3. The second kappa shape index (κ2) is 8.52. The largest absolute Gasteiger partial charge is 0.444 e. The molecule has 0 heterocycles. The molecule has 2 rings (SSSR count). The van der Waals surface area contributed by atoms with Gasteiger partial charge in [-0.2, -0.15) is 0 Å². The Morgan fingerprint density at radius 2 is 1.62 bits per heavy atom. The second-order valence-corrected chi connectivity index (χ2v) is 7.23. The van der Waals surface area contributed by atoms with Crippen LogP contribution in [0.4, 0.5) is 10.5 Å². The molecule has 0 spiro atoms. The number of hydrogen-bond donors (Lipinski definition) is 2. The zero-order valence-electron chi connectivity index (χ0n) is 15.7. The maximum Gasteiger partial charge on any atom is 0.412 e. The van der Waals surface area contributed by atoms with Gasteiger partial charge in [-0.1, -0.05) is 37.3 Å². The fourth-order valence-corrected chi connectivity index (χ4v) is 2.37. The number of rotatable bonds is 5. The molecule has 5 nitrogen and oxygen atoms in total. The number of nitrogens with one attached hydrogen (secondary N) is 2. The molecule has 0 saturated heterocycles. The van der Waals surface area contributed by atoms with E-state index >= 15 is 0 Å². The van der Waals surface area contributed by atoms with Gasteiger partial charge in [-0.3, -0.25) is 10.1 Å². The van der Waals surface area contributed by atoms with E-state index < -0.39 is 11.7 Å². The topological polar surface area (TPSA) is 67.4 Å². The summed E-state index contributed by atoms with van der Waals surface area (Å²) >= 11 is 0. The van der Waals surface area contributed by atoms with Crippen LogP contribution in [0.5, 0.6) is 0 Å². The summed E-state index contributed by atoms with van der Waals surface area (Å²) in [5, 5.41) is 5.58. The molecule has 0 unspecified atom stereocenters. The van der Waals surface area contributed by atoms with Crippen LogP contribution in [-0.4, -0.2) is 24.1 Å². The molecule has 2 aromatic carbocycles. The smallest absolute Gasteiger partial charge is 0.412 e. The van der Waals surface area contributed by atoms with E-state index in [4.69, 9.17) is 4.74 Å². The standard InChI is InChI=1S/C21H26N2O3/c1-15(16-8-6-5-7-9-16)14-22-19(24)17-10-12-18(13-11-17)23-20(25)26-21(2,3)4/h5-13,15H,14H2,1-4H3,(H,22,24)(H,23,25)/t15-/m0/s1. The molecule has 0 saturated carbocycles. The zero-order chi connectivity index (χ0) is 19.2. The van der Waals surface area contributed by atoms with Gasteiger partial charge in [-0.25, -0.2) is 4.79 Å². The van der Waals surface area contributed by atoms with Crippen molar-refractivity contribution in [1.82, 2.24) is 5.32 Å². The van der Waals surface area contributed by atoms with E-state index in [2.05, 4.69) is 17.6 Å². The van der Waals surface area contributed by atoms with Crippen molar-refractivity contribution in [1.29, 1.82) is 0 Å². The normalized spacial score (nSPS) is 12.2. The quantitative estimate of drug-likeness (QED) is 0.827. The summed E-state index contributed by atoms with van der Waals surface area (Å²) < 4.78 is 5.20. The van der Waals surface area contributed by atoms with Crippen LogP contribution in [0.3, 0.4) is 0 Å². The van der Waals surface area contributed by atoms with E-state index in [0.29, 0.717) is 17.8 Å². The third-order valence-corrected chi connectivity index (χ3v) is 3.73. The van der Waals surface area contributed by atoms with Gasteiger partial charge in [0.25, 0.3) is 5.91 Å². The van der Waals surface area contributed by atoms with Crippen molar-refractivity contribution in [3.05, 3.63) is 65.7 Å². The fourth-order valence-electron chi connectivity index (χ4n) is 2.37. The lowest BCUT2D eigenvalue weighted by atomic mass is 10.0. The summed E-state index contributed by atoms with van der Waals surface area (Å²) in [6, 6.07) is 16.8. The summed E-state index contributed by atoms with van der Waals surface area (Å²) in [4.78, 5) is 24.0. The molecule has 0 aliphatic heterocycles. The highest BCUT2D eigenvalue weighted by molar-refractivity contribution is 5.95. The van der Waals surface area contributed by atoms with Crippen molar-refractivity contribution < 1.29 is 14.3 Å². The lowest BCUT2D eigenvalue weighted by molar-refractivity contribution is 0.0635. The minimum atomic E-state index is -0.556. The number of ether oxygens (including phenoxy) is 1. The summed E-state index contributed by atoms with van der Waals surface area (Å²) in [5.41, 5.74) is 1.75. The molecule has 5 heteroatoms. The third kappa shape index (κ3) is 6.24. The number of hydrogen-bond acceptors (Lipinski definition) is 3. The molecule has 0 radical (unpaired) electrons. The second-order valence-electron chi connectivity index (χ2n) is 7.23. The van der Waals surface area contributed by atoms with Crippen molar-refractivity contribution in [3.63, 3.8) is 0 Å². The molecule has 0 aliphatic carbocycles. The number of amides is 2. The highest BCUT2D eigenvalue weighted by Gasteiger charge is 2.16. The predicted octanol–water partition coefficient (Wildman–Crippen LogP) is 4.57. The number of anilines is 1. The van der Waals surface area contributed by atoms with Gasteiger partial charge in [0, 0.05) is 17.8 Å². The molecule has 2 amide bonds. The molecular weight excluding hydrogens is 328 g/mol. The van der Waals surface area contributed by atoms with E-state index in [1.165, 1.54) is 5.56 Å². The van der Waals surface area contributed by atoms with E-state index in [0.717, 1.165) is 0 Å². The van der Waals surface area contributed by atoms with Crippen molar-refractivity contribution >= 4 is 17.7 Å². The minimum Gasteiger partial charge on any atom is -0.444 e. The Labute approximate surface area is 154 Å². The first kappa shape index (κ1) is 19.5. The van der Waals surface area contributed by atoms with Crippen LogP contribution in [0, 0.1) is 0 Å². The van der Waals surface area contributed by atoms with Crippen molar-refractivity contribution in [2.24, 2.45) is 0 Å². The Morgan fingerprint density at radius 3 is 2.19 bits per heavy atom. The van der Waals surface area contributed by atoms with Crippen molar-refractivity contribution in [2.75, 3.05) is 11.9 Å². The maximum atomic E-state index is 12.3. The highest BCUT2D eigenvalue weighted by atomic mass is 16.6. The van der Waals surface area contributed by atoms with Gasteiger partial charge < -0.3 is 10.1 Å². The SMILES string of the molecule is C[C@@H](CNC(=O)c1ccc(NC(=O)OC(C)(C)C)cc1)c1ccccc1. The van der Waals surface area contributed by atoms with Gasteiger partial charge in [-0.15, -0.1) is 0 Å². The predicted molar refractivity (Wildman–Crippen MR) is 103 cm³/mol.